The number of amides is 1. The standard InChI is InChI=1S/C17H20F6N2O3S/c18-16(19,20)9-27-12-4-5-14(28-10-17(21,22)29-23)13(7-12)15(26)25-8-11-3-1-2-6-24-11/h4-5,7,11,24H,1-3,6,8-10H2,(H,25,26). The SMILES string of the molecule is O=C(NCC1CCCCN1)c1cc(OCC(F)(F)F)ccc1OCC(F)(F)SF. The zero-order valence-corrected chi connectivity index (χ0v) is 16.0. The number of piperidine rings is 1. The minimum atomic E-state index is -4.59. The van der Waals surface area contributed by atoms with Crippen molar-refractivity contribution >= 4 is 18.1 Å². The van der Waals surface area contributed by atoms with E-state index in [0.717, 1.165) is 44.0 Å². The van der Waals surface area contributed by atoms with Crippen molar-refractivity contribution in [1.82, 2.24) is 10.6 Å². The van der Waals surface area contributed by atoms with E-state index in [-0.39, 0.29) is 29.6 Å². The lowest BCUT2D eigenvalue weighted by molar-refractivity contribution is -0.153. The molecule has 0 aliphatic carbocycles. The molecule has 1 aromatic rings. The molecule has 0 spiro atoms. The molecule has 2 N–H and O–H groups in total. The van der Waals surface area contributed by atoms with Gasteiger partial charge in [0.15, 0.2) is 13.2 Å². The minimum Gasteiger partial charge on any atom is -0.485 e. The molecule has 0 bridgehead atoms. The van der Waals surface area contributed by atoms with Gasteiger partial charge in [0.05, 0.1) is 5.56 Å². The van der Waals surface area contributed by atoms with E-state index in [4.69, 9.17) is 4.74 Å². The van der Waals surface area contributed by atoms with Crippen LogP contribution in [0.3, 0.4) is 0 Å². The summed E-state index contributed by atoms with van der Waals surface area (Å²) in [4.78, 5) is 12.5. The zero-order chi connectivity index (χ0) is 21.5. The van der Waals surface area contributed by atoms with Crippen molar-refractivity contribution in [3.8, 4) is 11.5 Å². The van der Waals surface area contributed by atoms with E-state index in [1.807, 2.05) is 0 Å². The molecule has 0 saturated carbocycles. The Morgan fingerprint density at radius 3 is 2.55 bits per heavy atom. The number of ether oxygens (including phenoxy) is 2. The maximum Gasteiger partial charge on any atom is 0.422 e. The lowest BCUT2D eigenvalue weighted by atomic mass is 10.0. The summed E-state index contributed by atoms with van der Waals surface area (Å²) >= 11 is -1.21. The van der Waals surface area contributed by atoms with Crippen molar-refractivity contribution in [1.29, 1.82) is 0 Å². The van der Waals surface area contributed by atoms with Crippen molar-refractivity contribution in [2.24, 2.45) is 0 Å². The van der Waals surface area contributed by atoms with Crippen LogP contribution in [0.15, 0.2) is 18.2 Å². The highest BCUT2D eigenvalue weighted by Gasteiger charge is 2.33. The summed E-state index contributed by atoms with van der Waals surface area (Å²) in [5.74, 6) is -1.35. The highest BCUT2D eigenvalue weighted by molar-refractivity contribution is 7.95. The molecule has 1 amide bonds. The fraction of sp³-hybridized carbons (Fsp3) is 0.588. The second-order valence-corrected chi connectivity index (χ2v) is 7.17. The van der Waals surface area contributed by atoms with Gasteiger partial charge in [-0.3, -0.25) is 4.79 Å². The summed E-state index contributed by atoms with van der Waals surface area (Å²) in [5.41, 5.74) is -0.292. The first-order valence-electron chi connectivity index (χ1n) is 8.75. The Balaban J connectivity index is 2.12. The average Bonchev–Trinajstić information content (AvgIpc) is 2.69. The predicted molar refractivity (Wildman–Crippen MR) is 95.1 cm³/mol. The Morgan fingerprint density at radius 2 is 1.93 bits per heavy atom. The van der Waals surface area contributed by atoms with E-state index in [9.17, 15) is 30.6 Å². The molecule has 12 heteroatoms. The average molecular weight is 446 g/mol. The molecule has 29 heavy (non-hydrogen) atoms. The quantitative estimate of drug-likeness (QED) is 0.560. The van der Waals surface area contributed by atoms with E-state index in [1.54, 1.807) is 0 Å². The maximum atomic E-state index is 13.1. The third-order valence-electron chi connectivity index (χ3n) is 4.03. The van der Waals surface area contributed by atoms with Gasteiger partial charge in [-0.25, -0.2) is 0 Å². The fourth-order valence-corrected chi connectivity index (χ4v) is 2.76. The van der Waals surface area contributed by atoms with Crippen LogP contribution in [0.4, 0.5) is 25.8 Å². The summed E-state index contributed by atoms with van der Waals surface area (Å²) in [5, 5.41) is 1.95. The molecule has 1 saturated heterocycles. The van der Waals surface area contributed by atoms with Crippen LogP contribution >= 0.6 is 12.1 Å². The third kappa shape index (κ3) is 8.21. The van der Waals surface area contributed by atoms with Gasteiger partial charge in [-0.1, -0.05) is 6.42 Å². The highest BCUT2D eigenvalue weighted by atomic mass is 32.2. The number of carbonyl (C=O) groups excluding carboxylic acids is 1. The van der Waals surface area contributed by atoms with Gasteiger partial charge in [-0.2, -0.15) is 25.8 Å². The van der Waals surface area contributed by atoms with Crippen molar-refractivity contribution in [2.75, 3.05) is 26.3 Å². The topological polar surface area (TPSA) is 59.6 Å². The Labute approximate surface area is 167 Å². The van der Waals surface area contributed by atoms with E-state index in [1.165, 1.54) is 0 Å². The van der Waals surface area contributed by atoms with Crippen molar-refractivity contribution in [2.45, 2.75) is 36.7 Å². The highest BCUT2D eigenvalue weighted by Crippen LogP contribution is 2.32. The van der Waals surface area contributed by atoms with E-state index >= 15 is 0 Å². The van der Waals surface area contributed by atoms with Gasteiger partial charge in [-0.15, -0.1) is 0 Å². The molecule has 1 aromatic carbocycles. The molecule has 0 aromatic heterocycles. The van der Waals surface area contributed by atoms with Crippen LogP contribution < -0.4 is 20.1 Å². The van der Waals surface area contributed by atoms with Crippen LogP contribution in [0.5, 0.6) is 11.5 Å². The van der Waals surface area contributed by atoms with Crippen LogP contribution in [-0.2, 0) is 0 Å². The summed E-state index contributed by atoms with van der Waals surface area (Å²) in [7, 11) is 0. The molecular formula is C17H20F6N2O3S. The molecule has 1 fully saturated rings. The number of alkyl halides is 5. The molecule has 164 valence electrons. The molecule has 0 radical (unpaired) electrons. The molecule has 5 nitrogen and oxygen atoms in total. The normalized spacial score (nSPS) is 17.7. The lowest BCUT2D eigenvalue weighted by Gasteiger charge is -2.24. The van der Waals surface area contributed by atoms with Gasteiger partial charge < -0.3 is 20.1 Å². The van der Waals surface area contributed by atoms with Gasteiger partial charge >= 0.3 is 11.4 Å². The van der Waals surface area contributed by atoms with Gasteiger partial charge in [-0.05, 0) is 37.6 Å². The van der Waals surface area contributed by atoms with Crippen molar-refractivity contribution in [3.63, 3.8) is 0 Å². The Kier molecular flexibility index (Phi) is 8.32. The molecule has 1 aliphatic heterocycles. The largest absolute Gasteiger partial charge is 0.485 e. The number of nitrogens with one attached hydrogen (secondary N) is 2. The van der Waals surface area contributed by atoms with Crippen molar-refractivity contribution in [3.05, 3.63) is 23.8 Å². The van der Waals surface area contributed by atoms with Crippen LogP contribution in [0.1, 0.15) is 29.6 Å². The Bertz CT molecular complexity index is 684. The maximum absolute atomic E-state index is 13.1. The predicted octanol–water partition coefficient (Wildman–Crippen LogP) is 4.09. The van der Waals surface area contributed by atoms with E-state index in [0.29, 0.717) is 0 Å². The van der Waals surface area contributed by atoms with Crippen LogP contribution in [0.25, 0.3) is 0 Å². The van der Waals surface area contributed by atoms with Crippen LogP contribution in [0, 0.1) is 0 Å². The number of hydrogen-bond acceptors (Lipinski definition) is 5. The Morgan fingerprint density at radius 1 is 1.17 bits per heavy atom. The lowest BCUT2D eigenvalue weighted by Crippen LogP contribution is -2.43. The number of rotatable bonds is 9. The van der Waals surface area contributed by atoms with Crippen LogP contribution in [-0.4, -0.2) is 49.7 Å². The third-order valence-corrected chi connectivity index (χ3v) is 4.37. The molecular weight excluding hydrogens is 426 g/mol. The van der Waals surface area contributed by atoms with Gasteiger partial charge in [0.1, 0.15) is 23.6 Å². The summed E-state index contributed by atoms with van der Waals surface area (Å²) in [6.07, 6.45) is -1.76. The number of hydrogen-bond donors (Lipinski definition) is 2. The first kappa shape index (κ1) is 23.5. The number of halogens is 6. The first-order valence-corrected chi connectivity index (χ1v) is 9.47. The van der Waals surface area contributed by atoms with Gasteiger partial charge in [0, 0.05) is 12.6 Å². The fourth-order valence-electron chi connectivity index (χ4n) is 2.66. The van der Waals surface area contributed by atoms with Gasteiger partial charge in [0.2, 0.25) is 0 Å². The summed E-state index contributed by atoms with van der Waals surface area (Å²) < 4.78 is 84.9. The van der Waals surface area contributed by atoms with Gasteiger partial charge in [0.25, 0.3) is 5.91 Å². The summed E-state index contributed by atoms with van der Waals surface area (Å²) in [6, 6.07) is 3.06. The molecule has 1 heterocycles. The van der Waals surface area contributed by atoms with E-state index in [2.05, 4.69) is 15.4 Å². The Hall–Kier alpha value is -1.82. The second-order valence-electron chi connectivity index (χ2n) is 6.42. The minimum absolute atomic E-state index is 0.0222. The number of carbonyl (C=O) groups is 1. The number of benzene rings is 1. The smallest absolute Gasteiger partial charge is 0.422 e. The molecule has 1 aliphatic rings. The van der Waals surface area contributed by atoms with Crippen LogP contribution in [0.2, 0.25) is 0 Å². The molecule has 1 atom stereocenters. The zero-order valence-electron chi connectivity index (χ0n) is 15.2. The first-order chi connectivity index (χ1) is 13.6. The van der Waals surface area contributed by atoms with Crippen molar-refractivity contribution < 1.29 is 40.1 Å². The monoisotopic (exact) mass is 446 g/mol. The van der Waals surface area contributed by atoms with E-state index < -0.39 is 42.7 Å². The second kappa shape index (κ2) is 10.3. The molecule has 2 rings (SSSR count). The summed E-state index contributed by atoms with van der Waals surface area (Å²) in [6.45, 7) is -1.91. The molecule has 1 unspecified atom stereocenters.